The summed E-state index contributed by atoms with van der Waals surface area (Å²) in [6.45, 7) is 1.19. The molecule has 9 heteroatoms. The third-order valence-electron chi connectivity index (χ3n) is 4.34. The minimum absolute atomic E-state index is 0.0586. The van der Waals surface area contributed by atoms with E-state index in [0.717, 1.165) is 5.39 Å². The molecule has 1 fully saturated rings. The zero-order chi connectivity index (χ0) is 18.3. The summed E-state index contributed by atoms with van der Waals surface area (Å²) in [4.78, 5) is 12.7. The van der Waals surface area contributed by atoms with Gasteiger partial charge in [-0.1, -0.05) is 6.07 Å². The second kappa shape index (κ2) is 6.27. The van der Waals surface area contributed by atoms with E-state index in [0.29, 0.717) is 24.4 Å². The van der Waals surface area contributed by atoms with Crippen molar-refractivity contribution in [2.45, 2.75) is 5.09 Å². The van der Waals surface area contributed by atoms with Crippen LogP contribution in [0.2, 0.25) is 0 Å². The summed E-state index contributed by atoms with van der Waals surface area (Å²) in [5.74, 6) is -0.522. The minimum atomic E-state index is -3.79. The lowest BCUT2D eigenvalue weighted by molar-refractivity contribution is 0.0722. The first-order valence-corrected chi connectivity index (χ1v) is 9.50. The van der Waals surface area contributed by atoms with Gasteiger partial charge in [0, 0.05) is 30.4 Å². The van der Waals surface area contributed by atoms with Gasteiger partial charge in [-0.25, -0.2) is 8.42 Å². The number of rotatable bonds is 3. The molecule has 0 radical (unpaired) electrons. The van der Waals surface area contributed by atoms with Gasteiger partial charge in [-0.05, 0) is 30.3 Å². The molecule has 4 rings (SSSR count). The van der Waals surface area contributed by atoms with Gasteiger partial charge in [0.15, 0.2) is 5.76 Å². The number of carbonyl (C=O) groups is 1. The number of sulfonamides is 1. The molecule has 1 aromatic carbocycles. The molecule has 0 aliphatic carbocycles. The van der Waals surface area contributed by atoms with E-state index < -0.39 is 15.9 Å². The van der Waals surface area contributed by atoms with Gasteiger partial charge in [0.1, 0.15) is 0 Å². The highest BCUT2D eigenvalue weighted by atomic mass is 32.2. The molecule has 26 heavy (non-hydrogen) atoms. The number of benzene rings is 1. The van der Waals surface area contributed by atoms with Crippen molar-refractivity contribution in [2.75, 3.05) is 32.0 Å². The molecule has 1 aliphatic heterocycles. The number of hydrogen-bond donors (Lipinski definition) is 1. The predicted molar refractivity (Wildman–Crippen MR) is 94.4 cm³/mol. The third kappa shape index (κ3) is 2.70. The second-order valence-electron chi connectivity index (χ2n) is 5.91. The number of aromatic nitrogens is 1. The predicted octanol–water partition coefficient (Wildman–Crippen LogP) is 1.53. The first-order valence-electron chi connectivity index (χ1n) is 8.06. The standard InChI is InChI=1S/C17H17N3O5S/c18-13-2-1-3-14-12(13)6-7-20(14)17(21)15-4-5-16(25-15)26(22,23)19-8-10-24-11-9-19/h1-7H,8-11,18H2. The van der Waals surface area contributed by atoms with Crippen molar-refractivity contribution < 1.29 is 22.4 Å². The van der Waals surface area contributed by atoms with Crippen LogP contribution in [0.3, 0.4) is 0 Å². The van der Waals surface area contributed by atoms with Crippen LogP contribution in [0, 0.1) is 0 Å². The lowest BCUT2D eigenvalue weighted by atomic mass is 10.2. The fourth-order valence-electron chi connectivity index (χ4n) is 2.98. The largest absolute Gasteiger partial charge is 0.438 e. The highest BCUT2D eigenvalue weighted by Gasteiger charge is 2.30. The molecule has 0 saturated carbocycles. The summed E-state index contributed by atoms with van der Waals surface area (Å²) in [7, 11) is -3.79. The van der Waals surface area contributed by atoms with Gasteiger partial charge in [-0.15, -0.1) is 0 Å². The zero-order valence-corrected chi connectivity index (χ0v) is 14.6. The molecule has 136 valence electrons. The van der Waals surface area contributed by atoms with Crippen LogP contribution >= 0.6 is 0 Å². The van der Waals surface area contributed by atoms with Crippen LogP contribution in [0.5, 0.6) is 0 Å². The Morgan fingerprint density at radius 2 is 1.85 bits per heavy atom. The number of nitrogens with zero attached hydrogens (tertiary/aromatic N) is 2. The Labute approximate surface area is 149 Å². The van der Waals surface area contributed by atoms with Crippen LogP contribution in [-0.2, 0) is 14.8 Å². The molecule has 0 bridgehead atoms. The van der Waals surface area contributed by atoms with Crippen LogP contribution in [0.4, 0.5) is 5.69 Å². The molecule has 0 atom stereocenters. The zero-order valence-electron chi connectivity index (χ0n) is 13.8. The van der Waals surface area contributed by atoms with Gasteiger partial charge in [0.25, 0.3) is 15.9 Å². The Morgan fingerprint density at radius 1 is 1.08 bits per heavy atom. The van der Waals surface area contributed by atoms with Gasteiger partial charge in [0.2, 0.25) is 5.09 Å². The molecular weight excluding hydrogens is 358 g/mol. The first-order chi connectivity index (χ1) is 12.5. The summed E-state index contributed by atoms with van der Waals surface area (Å²) >= 11 is 0. The molecule has 8 nitrogen and oxygen atoms in total. The number of carbonyl (C=O) groups excluding carboxylic acids is 1. The Morgan fingerprint density at radius 3 is 2.62 bits per heavy atom. The number of fused-ring (bicyclic) bond motifs is 1. The molecule has 2 N–H and O–H groups in total. The van der Waals surface area contributed by atoms with Crippen LogP contribution < -0.4 is 5.73 Å². The lowest BCUT2D eigenvalue weighted by Gasteiger charge is -2.24. The Kier molecular flexibility index (Phi) is 4.06. The van der Waals surface area contributed by atoms with Crippen molar-refractivity contribution in [3.8, 4) is 0 Å². The number of nitrogens with two attached hydrogens (primary N) is 1. The van der Waals surface area contributed by atoms with Gasteiger partial charge < -0.3 is 14.9 Å². The van der Waals surface area contributed by atoms with E-state index in [2.05, 4.69) is 0 Å². The molecule has 2 aromatic heterocycles. The molecule has 3 aromatic rings. The molecule has 0 amide bonds. The van der Waals surface area contributed by atoms with Crippen molar-refractivity contribution >= 4 is 32.5 Å². The number of morpholine rings is 1. The molecule has 1 saturated heterocycles. The highest BCUT2D eigenvalue weighted by Crippen LogP contribution is 2.25. The fourth-order valence-corrected chi connectivity index (χ4v) is 4.29. The highest BCUT2D eigenvalue weighted by molar-refractivity contribution is 7.89. The van der Waals surface area contributed by atoms with E-state index in [9.17, 15) is 13.2 Å². The summed E-state index contributed by atoms with van der Waals surface area (Å²) in [6.07, 6.45) is 1.59. The minimum Gasteiger partial charge on any atom is -0.438 e. The van der Waals surface area contributed by atoms with Crippen molar-refractivity contribution in [3.05, 3.63) is 48.4 Å². The first kappa shape index (κ1) is 16.8. The van der Waals surface area contributed by atoms with E-state index in [1.807, 2.05) is 0 Å². The maximum Gasteiger partial charge on any atom is 0.298 e. The van der Waals surface area contributed by atoms with E-state index in [4.69, 9.17) is 14.9 Å². The van der Waals surface area contributed by atoms with Crippen molar-refractivity contribution in [2.24, 2.45) is 0 Å². The quantitative estimate of drug-likeness (QED) is 0.696. The summed E-state index contributed by atoms with van der Waals surface area (Å²) < 4.78 is 38.5. The number of anilines is 1. The van der Waals surface area contributed by atoms with Crippen molar-refractivity contribution in [1.82, 2.24) is 8.87 Å². The van der Waals surface area contributed by atoms with E-state index in [1.165, 1.54) is 21.0 Å². The molecule has 0 spiro atoms. The molecular formula is C17H17N3O5S. The normalized spacial score (nSPS) is 16.2. The van der Waals surface area contributed by atoms with Crippen LogP contribution in [0.25, 0.3) is 10.9 Å². The van der Waals surface area contributed by atoms with Crippen molar-refractivity contribution in [3.63, 3.8) is 0 Å². The Bertz CT molecular complexity index is 1080. The van der Waals surface area contributed by atoms with Gasteiger partial charge in [-0.2, -0.15) is 4.31 Å². The number of ether oxygens (including phenoxy) is 1. The Hall–Kier alpha value is -2.62. The van der Waals surface area contributed by atoms with E-state index in [1.54, 1.807) is 30.5 Å². The van der Waals surface area contributed by atoms with Crippen molar-refractivity contribution in [1.29, 1.82) is 0 Å². The summed E-state index contributed by atoms with van der Waals surface area (Å²) in [5, 5.41) is 0.493. The fraction of sp³-hybridized carbons (Fsp3) is 0.235. The molecule has 0 unspecified atom stereocenters. The average Bonchev–Trinajstić information content (AvgIpc) is 3.30. The van der Waals surface area contributed by atoms with Crippen LogP contribution in [-0.4, -0.2) is 49.5 Å². The van der Waals surface area contributed by atoms with Crippen LogP contribution in [0.1, 0.15) is 10.6 Å². The average molecular weight is 375 g/mol. The SMILES string of the molecule is Nc1cccc2c1ccn2C(=O)c1ccc(S(=O)(=O)N2CCOCC2)o1. The van der Waals surface area contributed by atoms with Gasteiger partial charge >= 0.3 is 0 Å². The number of furan rings is 1. The monoisotopic (exact) mass is 375 g/mol. The summed E-state index contributed by atoms with van der Waals surface area (Å²) in [5.41, 5.74) is 7.10. The summed E-state index contributed by atoms with van der Waals surface area (Å²) in [6, 6.07) is 9.66. The maximum atomic E-state index is 12.7. The third-order valence-corrected chi connectivity index (χ3v) is 6.11. The molecule has 3 heterocycles. The van der Waals surface area contributed by atoms with E-state index in [-0.39, 0.29) is 23.9 Å². The van der Waals surface area contributed by atoms with E-state index >= 15 is 0 Å². The Balaban J connectivity index is 1.67. The topological polar surface area (TPSA) is 108 Å². The smallest absolute Gasteiger partial charge is 0.298 e. The van der Waals surface area contributed by atoms with Gasteiger partial charge in [-0.3, -0.25) is 9.36 Å². The number of nitrogen functional groups attached to an aromatic ring is 1. The maximum absolute atomic E-state index is 12.7. The van der Waals surface area contributed by atoms with Gasteiger partial charge in [0.05, 0.1) is 18.7 Å². The molecule has 1 aliphatic rings. The number of hydrogen-bond acceptors (Lipinski definition) is 6. The second-order valence-corrected chi connectivity index (χ2v) is 7.77. The lowest BCUT2D eigenvalue weighted by Crippen LogP contribution is -2.40. The van der Waals surface area contributed by atoms with Crippen LogP contribution in [0.15, 0.2) is 52.1 Å².